The molecule has 7 heteroatoms. The molecule has 6 nitrogen and oxygen atoms in total. The lowest BCUT2D eigenvalue weighted by Crippen LogP contribution is -2.41. The third-order valence-electron chi connectivity index (χ3n) is 5.15. The van der Waals surface area contributed by atoms with Crippen LogP contribution < -0.4 is 11.2 Å². The minimum Gasteiger partial charge on any atom is -0.331 e. The van der Waals surface area contributed by atoms with Crippen molar-refractivity contribution in [3.05, 3.63) is 68.2 Å². The number of aromatic nitrogens is 2. The Balaban J connectivity index is 1.72. The van der Waals surface area contributed by atoms with Crippen LogP contribution in [0.25, 0.3) is 0 Å². The number of rotatable bonds is 3. The van der Waals surface area contributed by atoms with E-state index in [9.17, 15) is 18.8 Å². The minimum absolute atomic E-state index is 0.0352. The zero-order valence-corrected chi connectivity index (χ0v) is 14.4. The van der Waals surface area contributed by atoms with Crippen molar-refractivity contribution < 1.29 is 9.18 Å². The van der Waals surface area contributed by atoms with E-state index in [0.29, 0.717) is 13.0 Å². The Bertz CT molecular complexity index is 976. The predicted octanol–water partition coefficient (Wildman–Crippen LogP) is 2.23. The van der Waals surface area contributed by atoms with E-state index in [2.05, 4.69) is 4.98 Å². The van der Waals surface area contributed by atoms with Crippen LogP contribution in [0.1, 0.15) is 54.2 Å². The Labute approximate surface area is 149 Å². The monoisotopic (exact) mass is 357 g/mol. The highest BCUT2D eigenvalue weighted by Gasteiger charge is 2.37. The molecule has 4 rings (SSSR count). The molecule has 1 saturated heterocycles. The summed E-state index contributed by atoms with van der Waals surface area (Å²) in [6, 6.07) is 5.81. The quantitative estimate of drug-likeness (QED) is 0.915. The van der Waals surface area contributed by atoms with Crippen molar-refractivity contribution >= 4 is 5.91 Å². The standard InChI is InChI=1S/C19H20FN3O3/c1-11-7-16(12-3-2-4-13(20)8-12)22(10-11)17(24)15-9-21-19(26)23(18(15)25)14-5-6-14/h2-4,8-9,11,14,16H,5-7,10H2,1H3,(H,21,26). The number of hydrogen-bond acceptors (Lipinski definition) is 3. The smallest absolute Gasteiger partial charge is 0.328 e. The van der Waals surface area contributed by atoms with Gasteiger partial charge in [-0.1, -0.05) is 19.1 Å². The van der Waals surface area contributed by atoms with E-state index in [4.69, 9.17) is 0 Å². The fraction of sp³-hybridized carbons (Fsp3) is 0.421. The van der Waals surface area contributed by atoms with Crippen molar-refractivity contribution in [1.29, 1.82) is 0 Å². The van der Waals surface area contributed by atoms with Gasteiger partial charge in [0.2, 0.25) is 0 Å². The van der Waals surface area contributed by atoms with Crippen molar-refractivity contribution in [3.63, 3.8) is 0 Å². The van der Waals surface area contributed by atoms with E-state index in [1.807, 2.05) is 6.92 Å². The van der Waals surface area contributed by atoms with Gasteiger partial charge in [0, 0.05) is 18.8 Å². The summed E-state index contributed by atoms with van der Waals surface area (Å²) < 4.78 is 14.8. The molecule has 0 spiro atoms. The van der Waals surface area contributed by atoms with E-state index in [-0.39, 0.29) is 29.4 Å². The van der Waals surface area contributed by atoms with E-state index >= 15 is 0 Å². The van der Waals surface area contributed by atoms with E-state index < -0.39 is 17.2 Å². The summed E-state index contributed by atoms with van der Waals surface area (Å²) in [4.78, 5) is 41.8. The first kappa shape index (κ1) is 16.8. The molecule has 1 aromatic carbocycles. The van der Waals surface area contributed by atoms with Gasteiger partial charge in [0.05, 0.1) is 6.04 Å². The van der Waals surface area contributed by atoms with Gasteiger partial charge in [0.15, 0.2) is 0 Å². The molecule has 2 atom stereocenters. The number of nitrogens with zero attached hydrogens (tertiary/aromatic N) is 2. The summed E-state index contributed by atoms with van der Waals surface area (Å²) >= 11 is 0. The first-order chi connectivity index (χ1) is 12.5. The van der Waals surface area contributed by atoms with E-state index in [1.165, 1.54) is 18.3 Å². The third-order valence-corrected chi connectivity index (χ3v) is 5.15. The Morgan fingerprint density at radius 1 is 1.27 bits per heavy atom. The van der Waals surface area contributed by atoms with Crippen LogP contribution in [0.15, 0.2) is 40.1 Å². The number of hydrogen-bond donors (Lipinski definition) is 1. The normalized spacial score (nSPS) is 22.6. The van der Waals surface area contributed by atoms with Gasteiger partial charge in [-0.25, -0.2) is 9.18 Å². The highest BCUT2D eigenvalue weighted by molar-refractivity contribution is 5.94. The number of benzene rings is 1. The van der Waals surface area contributed by atoms with Crippen LogP contribution in [0.4, 0.5) is 4.39 Å². The molecule has 1 N–H and O–H groups in total. The van der Waals surface area contributed by atoms with Gasteiger partial charge in [-0.3, -0.25) is 14.2 Å². The molecule has 2 fully saturated rings. The zero-order valence-electron chi connectivity index (χ0n) is 14.4. The van der Waals surface area contributed by atoms with E-state index in [1.54, 1.807) is 17.0 Å². The van der Waals surface area contributed by atoms with Gasteiger partial charge in [0.25, 0.3) is 11.5 Å². The molecular weight excluding hydrogens is 337 g/mol. The number of carbonyl (C=O) groups is 1. The number of likely N-dealkylation sites (tertiary alicyclic amines) is 1. The van der Waals surface area contributed by atoms with E-state index in [0.717, 1.165) is 23.0 Å². The lowest BCUT2D eigenvalue weighted by molar-refractivity contribution is 0.0728. The second-order valence-electron chi connectivity index (χ2n) is 7.28. The van der Waals surface area contributed by atoms with Crippen LogP contribution in [0.5, 0.6) is 0 Å². The lowest BCUT2D eigenvalue weighted by Gasteiger charge is -2.25. The summed E-state index contributed by atoms with van der Waals surface area (Å²) in [5.74, 6) is -0.533. The van der Waals surface area contributed by atoms with Crippen LogP contribution in [-0.2, 0) is 0 Å². The van der Waals surface area contributed by atoms with Crippen LogP contribution in [0.2, 0.25) is 0 Å². The fourth-order valence-electron chi connectivity index (χ4n) is 3.76. The first-order valence-corrected chi connectivity index (χ1v) is 8.86. The topological polar surface area (TPSA) is 75.2 Å². The van der Waals surface area contributed by atoms with Gasteiger partial charge < -0.3 is 9.88 Å². The molecule has 26 heavy (non-hydrogen) atoms. The number of halogens is 1. The molecule has 1 aliphatic heterocycles. The summed E-state index contributed by atoms with van der Waals surface area (Å²) in [5.41, 5.74) is -0.342. The zero-order chi connectivity index (χ0) is 18.4. The highest BCUT2D eigenvalue weighted by Crippen LogP contribution is 2.36. The molecular formula is C19H20FN3O3. The van der Waals surface area contributed by atoms with Gasteiger partial charge in [-0.05, 0) is 42.9 Å². The largest absolute Gasteiger partial charge is 0.331 e. The maximum absolute atomic E-state index is 13.6. The molecule has 2 aromatic rings. The van der Waals surface area contributed by atoms with Crippen molar-refractivity contribution in [1.82, 2.24) is 14.5 Å². The Hall–Kier alpha value is -2.70. The number of nitrogens with one attached hydrogen (secondary N) is 1. The van der Waals surface area contributed by atoms with Crippen molar-refractivity contribution in [3.8, 4) is 0 Å². The predicted molar refractivity (Wildman–Crippen MR) is 93.6 cm³/mol. The average Bonchev–Trinajstić information content (AvgIpc) is 3.35. The third kappa shape index (κ3) is 2.87. The number of carbonyl (C=O) groups excluding carboxylic acids is 1. The van der Waals surface area contributed by atoms with Crippen LogP contribution in [0, 0.1) is 11.7 Å². The Morgan fingerprint density at radius 3 is 2.73 bits per heavy atom. The summed E-state index contributed by atoms with van der Waals surface area (Å²) in [6.07, 6.45) is 3.45. The van der Waals surface area contributed by atoms with Gasteiger partial charge in [0.1, 0.15) is 11.4 Å². The van der Waals surface area contributed by atoms with Crippen molar-refractivity contribution in [2.75, 3.05) is 6.54 Å². The molecule has 0 radical (unpaired) electrons. The summed E-state index contributed by atoms with van der Waals surface area (Å²) in [7, 11) is 0. The second-order valence-corrected chi connectivity index (χ2v) is 7.28. The molecule has 2 aliphatic rings. The maximum Gasteiger partial charge on any atom is 0.328 e. The molecule has 1 aromatic heterocycles. The fourth-order valence-corrected chi connectivity index (χ4v) is 3.76. The average molecular weight is 357 g/mol. The second kappa shape index (κ2) is 6.23. The Kier molecular flexibility index (Phi) is 4.01. The highest BCUT2D eigenvalue weighted by atomic mass is 19.1. The SMILES string of the molecule is CC1CC(c2cccc(F)c2)N(C(=O)c2c[nH]c(=O)n(C3CC3)c2=O)C1. The number of amides is 1. The molecule has 136 valence electrons. The Morgan fingerprint density at radius 2 is 2.04 bits per heavy atom. The molecule has 2 unspecified atom stereocenters. The first-order valence-electron chi connectivity index (χ1n) is 8.86. The molecule has 1 aliphatic carbocycles. The van der Waals surface area contributed by atoms with Gasteiger partial charge in [-0.2, -0.15) is 0 Å². The molecule has 2 heterocycles. The summed E-state index contributed by atoms with van der Waals surface area (Å²) in [5, 5.41) is 0. The molecule has 1 amide bonds. The van der Waals surface area contributed by atoms with Crippen molar-refractivity contribution in [2.45, 2.75) is 38.3 Å². The number of H-pyrrole nitrogens is 1. The summed E-state index contributed by atoms with van der Waals surface area (Å²) in [6.45, 7) is 2.51. The van der Waals surface area contributed by atoms with Crippen LogP contribution in [0.3, 0.4) is 0 Å². The van der Waals surface area contributed by atoms with Gasteiger partial charge in [-0.15, -0.1) is 0 Å². The molecule has 0 bridgehead atoms. The number of aromatic amines is 1. The maximum atomic E-state index is 13.6. The van der Waals surface area contributed by atoms with Crippen LogP contribution in [-0.4, -0.2) is 26.9 Å². The van der Waals surface area contributed by atoms with Crippen molar-refractivity contribution in [2.24, 2.45) is 5.92 Å². The van der Waals surface area contributed by atoms with Crippen LogP contribution >= 0.6 is 0 Å². The lowest BCUT2D eigenvalue weighted by atomic mass is 10.0. The minimum atomic E-state index is -0.543. The molecule has 1 saturated carbocycles. The van der Waals surface area contributed by atoms with Gasteiger partial charge >= 0.3 is 5.69 Å².